The first-order chi connectivity index (χ1) is 15.0. The highest BCUT2D eigenvalue weighted by Gasteiger charge is 2.16. The van der Waals surface area contributed by atoms with Crippen LogP contribution >= 0.6 is 0 Å². The molecule has 0 saturated heterocycles. The molecule has 0 saturated carbocycles. The maximum atomic E-state index is 14.4. The van der Waals surface area contributed by atoms with Crippen LogP contribution < -0.4 is 0 Å². The molecule has 0 N–H and O–H groups in total. The molecule has 3 aromatic heterocycles. The van der Waals surface area contributed by atoms with E-state index in [1.165, 1.54) is 18.2 Å². The largest absolute Gasteiger partial charge is 0.466 e. The highest BCUT2D eigenvalue weighted by atomic mass is 19.1. The topological polar surface area (TPSA) is 43.3 Å². The van der Waals surface area contributed by atoms with Gasteiger partial charge in [0, 0.05) is 18.2 Å². The van der Waals surface area contributed by atoms with E-state index in [9.17, 15) is 8.78 Å². The molecule has 153 valence electrons. The van der Waals surface area contributed by atoms with Crippen LogP contribution in [0.15, 0.2) is 71.3 Å². The molecular weight excluding hydrogens is 396 g/mol. The van der Waals surface area contributed by atoms with Crippen molar-refractivity contribution in [3.8, 4) is 11.3 Å². The summed E-state index contributed by atoms with van der Waals surface area (Å²) in [6.07, 6.45) is 5.78. The van der Waals surface area contributed by atoms with Crippen LogP contribution in [-0.4, -0.2) is 14.4 Å². The van der Waals surface area contributed by atoms with Crippen molar-refractivity contribution in [1.29, 1.82) is 0 Å². The predicted octanol–water partition coefficient (Wildman–Crippen LogP) is 5.56. The predicted molar refractivity (Wildman–Crippen MR) is 113 cm³/mol. The lowest BCUT2D eigenvalue weighted by Crippen LogP contribution is -2.01. The Morgan fingerprint density at radius 3 is 2.61 bits per heavy atom. The summed E-state index contributed by atoms with van der Waals surface area (Å²) in [5, 5.41) is 0. The van der Waals surface area contributed by atoms with E-state index in [4.69, 9.17) is 14.4 Å². The minimum Gasteiger partial charge on any atom is -0.466 e. The smallest absolute Gasteiger partial charge is 0.159 e. The summed E-state index contributed by atoms with van der Waals surface area (Å²) in [6.45, 7) is 1.89. The SMILES string of the molecule is Cc1ccc(Cc2[c]n3cc(-c4ccccc4F)nc(Cc4cccc(F)c4)c3n2)o1. The van der Waals surface area contributed by atoms with Crippen LogP contribution in [0.25, 0.3) is 16.9 Å². The van der Waals surface area contributed by atoms with Gasteiger partial charge in [0.05, 0.1) is 29.7 Å². The zero-order valence-electron chi connectivity index (χ0n) is 16.8. The third-order valence-corrected chi connectivity index (χ3v) is 5.03. The first-order valence-electron chi connectivity index (χ1n) is 9.90. The van der Waals surface area contributed by atoms with Gasteiger partial charge in [0.2, 0.25) is 0 Å². The van der Waals surface area contributed by atoms with Gasteiger partial charge in [-0.2, -0.15) is 0 Å². The lowest BCUT2D eigenvalue weighted by atomic mass is 10.1. The Balaban J connectivity index is 1.62. The second kappa shape index (κ2) is 7.80. The van der Waals surface area contributed by atoms with Gasteiger partial charge in [-0.25, -0.2) is 18.7 Å². The van der Waals surface area contributed by atoms with Crippen molar-refractivity contribution >= 4 is 5.65 Å². The van der Waals surface area contributed by atoms with Crippen LogP contribution in [0.4, 0.5) is 8.78 Å². The number of fused-ring (bicyclic) bond motifs is 1. The molecule has 3 heterocycles. The number of halogens is 2. The lowest BCUT2D eigenvalue weighted by molar-refractivity contribution is 0.492. The fraction of sp³-hybridized carbons (Fsp3) is 0.120. The van der Waals surface area contributed by atoms with Crippen molar-refractivity contribution in [3.05, 3.63) is 113 Å². The van der Waals surface area contributed by atoms with Gasteiger partial charge in [-0.15, -0.1) is 0 Å². The van der Waals surface area contributed by atoms with Crippen LogP contribution in [0.2, 0.25) is 0 Å². The van der Waals surface area contributed by atoms with Gasteiger partial charge < -0.3 is 4.42 Å². The van der Waals surface area contributed by atoms with Crippen molar-refractivity contribution < 1.29 is 13.2 Å². The number of hydrogen-bond acceptors (Lipinski definition) is 3. The second-order valence-corrected chi connectivity index (χ2v) is 7.41. The highest BCUT2D eigenvalue weighted by Crippen LogP contribution is 2.24. The van der Waals surface area contributed by atoms with Crippen molar-refractivity contribution in [3.63, 3.8) is 0 Å². The van der Waals surface area contributed by atoms with E-state index >= 15 is 0 Å². The van der Waals surface area contributed by atoms with Gasteiger partial charge in [0.15, 0.2) is 5.65 Å². The molecule has 0 aliphatic carbocycles. The Bertz CT molecular complexity index is 1390. The highest BCUT2D eigenvalue weighted by molar-refractivity contribution is 5.62. The molecule has 0 atom stereocenters. The molecule has 0 amide bonds. The molecule has 6 heteroatoms. The van der Waals surface area contributed by atoms with Gasteiger partial charge in [-0.05, 0) is 48.9 Å². The fourth-order valence-electron chi connectivity index (χ4n) is 3.62. The van der Waals surface area contributed by atoms with Crippen molar-refractivity contribution in [2.24, 2.45) is 0 Å². The van der Waals surface area contributed by atoms with Gasteiger partial charge in [0.1, 0.15) is 23.2 Å². The summed E-state index contributed by atoms with van der Waals surface area (Å²) in [5.41, 5.74) is 3.50. The van der Waals surface area contributed by atoms with E-state index in [0.717, 1.165) is 17.1 Å². The molecule has 5 aromatic rings. The molecule has 2 aromatic carbocycles. The minimum absolute atomic E-state index is 0.317. The van der Waals surface area contributed by atoms with E-state index in [0.29, 0.717) is 41.1 Å². The number of aryl methyl sites for hydroxylation is 1. The Morgan fingerprint density at radius 1 is 0.968 bits per heavy atom. The first kappa shape index (κ1) is 19.2. The molecule has 5 rings (SSSR count). The molecule has 31 heavy (non-hydrogen) atoms. The molecule has 0 bridgehead atoms. The standard InChI is InChI=1S/C25H18F2N3O/c1-16-9-10-20(31-16)13-19-14-30-15-24(21-7-2-3-8-22(21)27)29-23(25(30)28-19)12-17-5-4-6-18(26)11-17/h2-11,15H,12-13H2,1H3. The maximum absolute atomic E-state index is 14.4. The third kappa shape index (κ3) is 3.97. The Morgan fingerprint density at radius 2 is 1.84 bits per heavy atom. The molecule has 0 aliphatic rings. The summed E-state index contributed by atoms with van der Waals surface area (Å²) in [5.74, 6) is 0.931. The van der Waals surface area contributed by atoms with Crippen LogP contribution in [0.3, 0.4) is 0 Å². The average Bonchev–Trinajstić information content (AvgIpc) is 3.34. The molecule has 1 radical (unpaired) electrons. The molecule has 0 aliphatic heterocycles. The van der Waals surface area contributed by atoms with E-state index < -0.39 is 0 Å². The summed E-state index contributed by atoms with van der Waals surface area (Å²) in [4.78, 5) is 9.38. The van der Waals surface area contributed by atoms with Crippen molar-refractivity contribution in [1.82, 2.24) is 14.4 Å². The lowest BCUT2D eigenvalue weighted by Gasteiger charge is -2.08. The number of furan rings is 1. The number of benzene rings is 2. The van der Waals surface area contributed by atoms with Crippen molar-refractivity contribution in [2.75, 3.05) is 0 Å². The summed E-state index contributed by atoms with van der Waals surface area (Å²) in [7, 11) is 0. The second-order valence-electron chi connectivity index (χ2n) is 7.41. The van der Waals surface area contributed by atoms with Gasteiger partial charge in [0.25, 0.3) is 0 Å². The Hall–Kier alpha value is -3.80. The van der Waals surface area contributed by atoms with E-state index in [2.05, 4.69) is 6.20 Å². The first-order valence-corrected chi connectivity index (χ1v) is 9.90. The zero-order chi connectivity index (χ0) is 21.4. The maximum Gasteiger partial charge on any atom is 0.159 e. The van der Waals surface area contributed by atoms with E-state index in [1.54, 1.807) is 34.9 Å². The van der Waals surface area contributed by atoms with E-state index in [1.807, 2.05) is 25.1 Å². The number of rotatable bonds is 5. The number of nitrogens with zero attached hydrogens (tertiary/aromatic N) is 3. The van der Waals surface area contributed by atoms with Gasteiger partial charge >= 0.3 is 0 Å². The summed E-state index contributed by atoms with van der Waals surface area (Å²) >= 11 is 0. The molecule has 0 unspecified atom stereocenters. The van der Waals surface area contributed by atoms with Gasteiger partial charge in [-0.1, -0.05) is 24.3 Å². The quantitative estimate of drug-likeness (QED) is 0.378. The Kier molecular flexibility index (Phi) is 4.82. The number of hydrogen-bond donors (Lipinski definition) is 0. The van der Waals surface area contributed by atoms with Crippen LogP contribution in [0, 0.1) is 24.8 Å². The van der Waals surface area contributed by atoms with Crippen LogP contribution in [0.1, 0.15) is 28.5 Å². The normalized spacial score (nSPS) is 11.3. The van der Waals surface area contributed by atoms with Crippen molar-refractivity contribution in [2.45, 2.75) is 19.8 Å². The zero-order valence-corrected chi connectivity index (χ0v) is 16.8. The van der Waals surface area contributed by atoms with Crippen LogP contribution in [-0.2, 0) is 12.8 Å². The average molecular weight is 414 g/mol. The molecule has 4 nitrogen and oxygen atoms in total. The third-order valence-electron chi connectivity index (χ3n) is 5.03. The Labute approximate surface area is 177 Å². The number of aromatic nitrogens is 3. The van der Waals surface area contributed by atoms with E-state index in [-0.39, 0.29) is 11.6 Å². The number of imidazole rings is 1. The summed E-state index contributed by atoms with van der Waals surface area (Å²) in [6, 6.07) is 16.6. The fourth-order valence-corrected chi connectivity index (χ4v) is 3.62. The minimum atomic E-state index is -0.363. The monoisotopic (exact) mass is 414 g/mol. The van der Waals surface area contributed by atoms with Crippen LogP contribution in [0.5, 0.6) is 0 Å². The molecule has 0 spiro atoms. The van der Waals surface area contributed by atoms with Gasteiger partial charge in [-0.3, -0.25) is 4.40 Å². The molecule has 0 fully saturated rings. The molecular formula is C25H18F2N3O. The summed E-state index contributed by atoms with van der Waals surface area (Å²) < 4.78 is 35.6.